The SMILES string of the molecule is COc1cc([N+](=O)[O-])ccc1NC(=O)C(=O)Nc1ccc(C)cc1. The van der Waals surface area contributed by atoms with Crippen LogP contribution in [0.3, 0.4) is 0 Å². The molecule has 24 heavy (non-hydrogen) atoms. The van der Waals surface area contributed by atoms with Crippen molar-refractivity contribution in [3.05, 3.63) is 58.1 Å². The minimum Gasteiger partial charge on any atom is -0.494 e. The third kappa shape index (κ3) is 4.07. The molecule has 0 aliphatic carbocycles. The van der Waals surface area contributed by atoms with Crippen LogP contribution in [0, 0.1) is 17.0 Å². The highest BCUT2D eigenvalue weighted by atomic mass is 16.6. The first-order chi connectivity index (χ1) is 11.4. The van der Waals surface area contributed by atoms with E-state index in [-0.39, 0.29) is 17.1 Å². The molecule has 0 radical (unpaired) electrons. The number of anilines is 2. The summed E-state index contributed by atoms with van der Waals surface area (Å²) in [6.07, 6.45) is 0. The molecule has 0 fully saturated rings. The predicted octanol–water partition coefficient (Wildman–Crippen LogP) is 2.49. The van der Waals surface area contributed by atoms with Crippen LogP contribution in [-0.4, -0.2) is 23.8 Å². The van der Waals surface area contributed by atoms with E-state index in [0.717, 1.165) is 11.6 Å². The first-order valence-electron chi connectivity index (χ1n) is 6.92. The third-order valence-corrected chi connectivity index (χ3v) is 3.16. The molecule has 0 heterocycles. The molecule has 2 amide bonds. The zero-order chi connectivity index (χ0) is 17.7. The standard InChI is InChI=1S/C16H15N3O5/c1-10-3-5-11(6-4-10)17-15(20)16(21)18-13-8-7-12(19(22)23)9-14(13)24-2/h3-9H,1-2H3,(H,17,20)(H,18,21). The number of carbonyl (C=O) groups is 2. The maximum Gasteiger partial charge on any atom is 0.314 e. The van der Waals surface area contributed by atoms with Gasteiger partial charge in [0.2, 0.25) is 0 Å². The molecule has 2 aromatic carbocycles. The highest BCUT2D eigenvalue weighted by Crippen LogP contribution is 2.28. The lowest BCUT2D eigenvalue weighted by Crippen LogP contribution is -2.29. The third-order valence-electron chi connectivity index (χ3n) is 3.16. The Labute approximate surface area is 137 Å². The largest absolute Gasteiger partial charge is 0.494 e. The molecular formula is C16H15N3O5. The van der Waals surface area contributed by atoms with Gasteiger partial charge in [0.1, 0.15) is 5.75 Å². The molecule has 2 N–H and O–H groups in total. The molecule has 0 saturated carbocycles. The van der Waals surface area contributed by atoms with Gasteiger partial charge in [-0.1, -0.05) is 17.7 Å². The molecule has 2 aromatic rings. The fourth-order valence-electron chi connectivity index (χ4n) is 1.90. The maximum absolute atomic E-state index is 12.0. The van der Waals surface area contributed by atoms with E-state index >= 15 is 0 Å². The molecule has 0 atom stereocenters. The molecule has 0 spiro atoms. The zero-order valence-electron chi connectivity index (χ0n) is 13.0. The van der Waals surface area contributed by atoms with Crippen molar-refractivity contribution in [3.8, 4) is 5.75 Å². The lowest BCUT2D eigenvalue weighted by atomic mass is 10.2. The summed E-state index contributed by atoms with van der Waals surface area (Å²) in [7, 11) is 1.31. The van der Waals surface area contributed by atoms with E-state index in [0.29, 0.717) is 5.69 Å². The number of amides is 2. The van der Waals surface area contributed by atoms with Crippen molar-refractivity contribution >= 4 is 28.9 Å². The molecular weight excluding hydrogens is 314 g/mol. The van der Waals surface area contributed by atoms with Crippen LogP contribution in [0.15, 0.2) is 42.5 Å². The van der Waals surface area contributed by atoms with Crippen molar-refractivity contribution < 1.29 is 19.2 Å². The van der Waals surface area contributed by atoms with Gasteiger partial charge in [-0.25, -0.2) is 0 Å². The summed E-state index contributed by atoms with van der Waals surface area (Å²) in [6, 6.07) is 10.6. The number of rotatable bonds is 4. The van der Waals surface area contributed by atoms with Gasteiger partial charge in [0.15, 0.2) is 0 Å². The Balaban J connectivity index is 2.09. The number of benzene rings is 2. The van der Waals surface area contributed by atoms with Crippen LogP contribution in [-0.2, 0) is 9.59 Å². The zero-order valence-corrected chi connectivity index (χ0v) is 13.0. The van der Waals surface area contributed by atoms with E-state index in [1.54, 1.807) is 24.3 Å². The van der Waals surface area contributed by atoms with Crippen molar-refractivity contribution in [1.29, 1.82) is 0 Å². The predicted molar refractivity (Wildman–Crippen MR) is 88.1 cm³/mol. The van der Waals surface area contributed by atoms with Crippen LogP contribution in [0.2, 0.25) is 0 Å². The number of nitro groups is 1. The van der Waals surface area contributed by atoms with E-state index in [9.17, 15) is 19.7 Å². The van der Waals surface area contributed by atoms with Gasteiger partial charge in [-0.2, -0.15) is 0 Å². The molecule has 0 aliphatic rings. The van der Waals surface area contributed by atoms with Crippen molar-refractivity contribution in [2.24, 2.45) is 0 Å². The molecule has 8 nitrogen and oxygen atoms in total. The number of hydrogen-bond donors (Lipinski definition) is 2. The summed E-state index contributed by atoms with van der Waals surface area (Å²) < 4.78 is 5.00. The smallest absolute Gasteiger partial charge is 0.314 e. The second-order valence-corrected chi connectivity index (χ2v) is 4.92. The molecule has 0 aromatic heterocycles. The van der Waals surface area contributed by atoms with Gasteiger partial charge in [0, 0.05) is 11.8 Å². The average molecular weight is 329 g/mol. The van der Waals surface area contributed by atoms with Gasteiger partial charge in [-0.3, -0.25) is 19.7 Å². The number of nitrogens with one attached hydrogen (secondary N) is 2. The minimum atomic E-state index is -0.914. The molecule has 124 valence electrons. The molecule has 0 bridgehead atoms. The number of carbonyl (C=O) groups excluding carboxylic acids is 2. The summed E-state index contributed by atoms with van der Waals surface area (Å²) >= 11 is 0. The van der Waals surface area contributed by atoms with Crippen molar-refractivity contribution in [1.82, 2.24) is 0 Å². The molecule has 2 rings (SSSR count). The van der Waals surface area contributed by atoms with Gasteiger partial charge in [0.25, 0.3) is 5.69 Å². The number of methoxy groups -OCH3 is 1. The van der Waals surface area contributed by atoms with Crippen LogP contribution < -0.4 is 15.4 Å². The van der Waals surface area contributed by atoms with Crippen LogP contribution in [0.4, 0.5) is 17.1 Å². The van der Waals surface area contributed by atoms with Crippen LogP contribution in [0.25, 0.3) is 0 Å². The Bertz CT molecular complexity index is 787. The number of nitro benzene ring substituents is 1. The quantitative estimate of drug-likeness (QED) is 0.508. The summed E-state index contributed by atoms with van der Waals surface area (Å²) in [6.45, 7) is 1.90. The topological polar surface area (TPSA) is 111 Å². The molecule has 0 unspecified atom stereocenters. The Kier molecular flexibility index (Phi) is 5.10. The Morgan fingerprint density at radius 3 is 2.25 bits per heavy atom. The fraction of sp³-hybridized carbons (Fsp3) is 0.125. The highest BCUT2D eigenvalue weighted by molar-refractivity contribution is 6.43. The number of nitrogens with zero attached hydrogens (tertiary/aromatic N) is 1. The minimum absolute atomic E-state index is 0.0840. The molecule has 8 heteroatoms. The number of non-ortho nitro benzene ring substituents is 1. The van der Waals surface area contributed by atoms with Gasteiger partial charge in [-0.05, 0) is 25.1 Å². The van der Waals surface area contributed by atoms with Crippen LogP contribution in [0.1, 0.15) is 5.56 Å². The Morgan fingerprint density at radius 1 is 1.04 bits per heavy atom. The first kappa shape index (κ1) is 16.9. The van der Waals surface area contributed by atoms with E-state index in [4.69, 9.17) is 4.74 Å². The van der Waals surface area contributed by atoms with E-state index in [2.05, 4.69) is 10.6 Å². The Hall–Kier alpha value is -3.42. The number of aryl methyl sites for hydroxylation is 1. The molecule has 0 saturated heterocycles. The van der Waals surface area contributed by atoms with Crippen LogP contribution >= 0.6 is 0 Å². The summed E-state index contributed by atoms with van der Waals surface area (Å²) in [5.41, 5.74) is 1.48. The van der Waals surface area contributed by atoms with E-state index in [1.165, 1.54) is 19.2 Å². The van der Waals surface area contributed by atoms with Gasteiger partial charge in [-0.15, -0.1) is 0 Å². The second-order valence-electron chi connectivity index (χ2n) is 4.92. The first-order valence-corrected chi connectivity index (χ1v) is 6.92. The highest BCUT2D eigenvalue weighted by Gasteiger charge is 2.18. The number of ether oxygens (including phenoxy) is 1. The van der Waals surface area contributed by atoms with Crippen molar-refractivity contribution in [3.63, 3.8) is 0 Å². The summed E-state index contributed by atoms with van der Waals surface area (Å²) in [5.74, 6) is -1.69. The van der Waals surface area contributed by atoms with Gasteiger partial charge < -0.3 is 15.4 Å². The maximum atomic E-state index is 12.0. The lowest BCUT2D eigenvalue weighted by Gasteiger charge is -2.10. The van der Waals surface area contributed by atoms with Gasteiger partial charge in [0.05, 0.1) is 23.8 Å². The van der Waals surface area contributed by atoms with Crippen molar-refractivity contribution in [2.45, 2.75) is 6.92 Å². The van der Waals surface area contributed by atoms with Crippen LogP contribution in [0.5, 0.6) is 5.75 Å². The summed E-state index contributed by atoms with van der Waals surface area (Å²) in [5, 5.41) is 15.6. The van der Waals surface area contributed by atoms with Crippen molar-refractivity contribution in [2.75, 3.05) is 17.7 Å². The Morgan fingerprint density at radius 2 is 1.67 bits per heavy atom. The summed E-state index contributed by atoms with van der Waals surface area (Å²) in [4.78, 5) is 34.0. The second kappa shape index (κ2) is 7.23. The normalized spacial score (nSPS) is 9.92. The van der Waals surface area contributed by atoms with E-state index < -0.39 is 16.7 Å². The number of hydrogen-bond acceptors (Lipinski definition) is 5. The fourth-order valence-corrected chi connectivity index (χ4v) is 1.90. The lowest BCUT2D eigenvalue weighted by molar-refractivity contribution is -0.384. The molecule has 0 aliphatic heterocycles. The van der Waals surface area contributed by atoms with Gasteiger partial charge >= 0.3 is 11.8 Å². The average Bonchev–Trinajstić information content (AvgIpc) is 2.56. The van der Waals surface area contributed by atoms with E-state index in [1.807, 2.05) is 6.92 Å². The monoisotopic (exact) mass is 329 g/mol.